The standard InChI is InChI=1S/C14H24N2O2/c1-4-5-9(2)8-16-12(11-6-7-11)13(17)15-10(3)14(16)18/h9-12H,4-8H2,1-3H3,(H,15,17). The van der Waals surface area contributed by atoms with Crippen LogP contribution in [-0.4, -0.2) is 35.3 Å². The van der Waals surface area contributed by atoms with Crippen LogP contribution in [0.3, 0.4) is 0 Å². The molecule has 102 valence electrons. The maximum atomic E-state index is 12.3. The molecule has 2 rings (SSSR count). The average Bonchev–Trinajstić information content (AvgIpc) is 3.10. The van der Waals surface area contributed by atoms with Crippen molar-refractivity contribution in [3.8, 4) is 0 Å². The number of nitrogens with one attached hydrogen (secondary N) is 1. The summed E-state index contributed by atoms with van der Waals surface area (Å²) in [4.78, 5) is 26.2. The van der Waals surface area contributed by atoms with Gasteiger partial charge in [-0.1, -0.05) is 20.3 Å². The first-order valence-electron chi connectivity index (χ1n) is 7.15. The lowest BCUT2D eigenvalue weighted by molar-refractivity contribution is -0.150. The van der Waals surface area contributed by atoms with E-state index in [1.165, 1.54) is 0 Å². The third kappa shape index (κ3) is 2.68. The summed E-state index contributed by atoms with van der Waals surface area (Å²) in [6.45, 7) is 6.83. The number of nitrogens with zero attached hydrogens (tertiary/aromatic N) is 1. The summed E-state index contributed by atoms with van der Waals surface area (Å²) in [7, 11) is 0. The van der Waals surface area contributed by atoms with Crippen molar-refractivity contribution in [3.63, 3.8) is 0 Å². The van der Waals surface area contributed by atoms with E-state index in [0.717, 1.165) is 32.2 Å². The number of hydrogen-bond acceptors (Lipinski definition) is 2. The van der Waals surface area contributed by atoms with Crippen molar-refractivity contribution in [1.29, 1.82) is 0 Å². The molecule has 18 heavy (non-hydrogen) atoms. The molecule has 0 spiro atoms. The molecule has 1 aliphatic heterocycles. The normalized spacial score (nSPS) is 30.3. The third-order valence-corrected chi connectivity index (χ3v) is 3.98. The molecule has 1 aliphatic carbocycles. The van der Waals surface area contributed by atoms with Gasteiger partial charge in [-0.15, -0.1) is 0 Å². The van der Waals surface area contributed by atoms with Crippen LogP contribution in [-0.2, 0) is 9.59 Å². The van der Waals surface area contributed by atoms with E-state index in [1.54, 1.807) is 6.92 Å². The van der Waals surface area contributed by atoms with Crippen molar-refractivity contribution in [2.24, 2.45) is 11.8 Å². The highest BCUT2D eigenvalue weighted by Gasteiger charge is 2.46. The van der Waals surface area contributed by atoms with E-state index < -0.39 is 0 Å². The van der Waals surface area contributed by atoms with Gasteiger partial charge in [0.1, 0.15) is 12.1 Å². The minimum Gasteiger partial charge on any atom is -0.343 e. The molecule has 4 heteroatoms. The molecule has 2 amide bonds. The Bertz CT molecular complexity index is 339. The molecule has 1 saturated carbocycles. The van der Waals surface area contributed by atoms with Gasteiger partial charge in [0.2, 0.25) is 11.8 Å². The Morgan fingerprint density at radius 2 is 2.06 bits per heavy atom. The van der Waals surface area contributed by atoms with Gasteiger partial charge >= 0.3 is 0 Å². The molecule has 3 atom stereocenters. The second-order valence-corrected chi connectivity index (χ2v) is 5.90. The molecular weight excluding hydrogens is 228 g/mol. The molecule has 0 aromatic rings. The van der Waals surface area contributed by atoms with Gasteiger partial charge in [0.25, 0.3) is 0 Å². The monoisotopic (exact) mass is 252 g/mol. The van der Waals surface area contributed by atoms with E-state index in [9.17, 15) is 9.59 Å². The molecule has 1 saturated heterocycles. The Kier molecular flexibility index (Phi) is 3.93. The highest BCUT2D eigenvalue weighted by atomic mass is 16.2. The lowest BCUT2D eigenvalue weighted by Crippen LogP contribution is -2.63. The number of hydrogen-bond donors (Lipinski definition) is 1. The summed E-state index contributed by atoms with van der Waals surface area (Å²) in [5.41, 5.74) is 0. The zero-order valence-corrected chi connectivity index (χ0v) is 11.6. The van der Waals surface area contributed by atoms with Crippen molar-refractivity contribution < 1.29 is 9.59 Å². The summed E-state index contributed by atoms with van der Waals surface area (Å²) in [6.07, 6.45) is 4.40. The minimum atomic E-state index is -0.360. The van der Waals surface area contributed by atoms with Crippen LogP contribution in [0, 0.1) is 11.8 Å². The van der Waals surface area contributed by atoms with Crippen LogP contribution in [0.1, 0.15) is 46.5 Å². The number of piperazine rings is 1. The van der Waals surface area contributed by atoms with Crippen LogP contribution >= 0.6 is 0 Å². The summed E-state index contributed by atoms with van der Waals surface area (Å²) in [5, 5.41) is 2.81. The smallest absolute Gasteiger partial charge is 0.245 e. The summed E-state index contributed by atoms with van der Waals surface area (Å²) < 4.78 is 0. The molecule has 3 unspecified atom stereocenters. The zero-order valence-electron chi connectivity index (χ0n) is 11.6. The second kappa shape index (κ2) is 5.29. The van der Waals surface area contributed by atoms with E-state index in [1.807, 2.05) is 4.90 Å². The van der Waals surface area contributed by atoms with Gasteiger partial charge in [0, 0.05) is 6.54 Å². The Hall–Kier alpha value is -1.06. The zero-order chi connectivity index (χ0) is 13.3. The minimum absolute atomic E-state index is 0.0494. The van der Waals surface area contributed by atoms with Gasteiger partial charge in [0.15, 0.2) is 0 Å². The molecule has 0 aromatic heterocycles. The second-order valence-electron chi connectivity index (χ2n) is 5.90. The van der Waals surface area contributed by atoms with E-state index in [2.05, 4.69) is 19.2 Å². The molecule has 2 fully saturated rings. The summed E-state index contributed by atoms with van der Waals surface area (Å²) in [5.74, 6) is 1.01. The summed E-state index contributed by atoms with van der Waals surface area (Å²) >= 11 is 0. The van der Waals surface area contributed by atoms with Crippen LogP contribution < -0.4 is 5.32 Å². The highest BCUT2D eigenvalue weighted by Crippen LogP contribution is 2.37. The molecule has 2 aliphatic rings. The van der Waals surface area contributed by atoms with Crippen LogP contribution in [0.15, 0.2) is 0 Å². The molecule has 0 radical (unpaired) electrons. The van der Waals surface area contributed by atoms with Gasteiger partial charge in [-0.25, -0.2) is 0 Å². The molecule has 1 heterocycles. The Labute approximate surface area is 109 Å². The van der Waals surface area contributed by atoms with Crippen molar-refractivity contribution in [2.45, 2.75) is 58.5 Å². The quantitative estimate of drug-likeness (QED) is 0.807. The molecule has 4 nitrogen and oxygen atoms in total. The van der Waals surface area contributed by atoms with Crippen LogP contribution in [0.5, 0.6) is 0 Å². The highest BCUT2D eigenvalue weighted by molar-refractivity contribution is 5.97. The molecule has 0 aromatic carbocycles. The average molecular weight is 252 g/mol. The first kappa shape index (κ1) is 13.4. The Morgan fingerprint density at radius 3 is 2.61 bits per heavy atom. The van der Waals surface area contributed by atoms with Crippen molar-refractivity contribution in [2.75, 3.05) is 6.54 Å². The maximum absolute atomic E-state index is 12.3. The van der Waals surface area contributed by atoms with E-state index >= 15 is 0 Å². The third-order valence-electron chi connectivity index (χ3n) is 3.98. The number of rotatable bonds is 5. The topological polar surface area (TPSA) is 49.4 Å². The Morgan fingerprint density at radius 1 is 1.39 bits per heavy atom. The van der Waals surface area contributed by atoms with Crippen molar-refractivity contribution in [3.05, 3.63) is 0 Å². The van der Waals surface area contributed by atoms with E-state index in [-0.39, 0.29) is 23.9 Å². The molecular formula is C14H24N2O2. The van der Waals surface area contributed by atoms with Gasteiger partial charge in [-0.2, -0.15) is 0 Å². The van der Waals surface area contributed by atoms with Gasteiger partial charge in [-0.3, -0.25) is 9.59 Å². The fraction of sp³-hybridized carbons (Fsp3) is 0.857. The predicted molar refractivity (Wildman–Crippen MR) is 69.9 cm³/mol. The Balaban J connectivity index is 2.09. The fourth-order valence-electron chi connectivity index (χ4n) is 2.89. The number of carbonyl (C=O) groups is 2. The van der Waals surface area contributed by atoms with Gasteiger partial charge in [-0.05, 0) is 38.0 Å². The van der Waals surface area contributed by atoms with Gasteiger partial charge < -0.3 is 10.2 Å². The van der Waals surface area contributed by atoms with Crippen molar-refractivity contribution >= 4 is 11.8 Å². The van der Waals surface area contributed by atoms with E-state index in [0.29, 0.717) is 11.8 Å². The summed E-state index contributed by atoms with van der Waals surface area (Å²) in [6, 6.07) is -0.561. The number of carbonyl (C=O) groups excluding carboxylic acids is 2. The first-order valence-corrected chi connectivity index (χ1v) is 7.15. The first-order chi connectivity index (χ1) is 8.54. The van der Waals surface area contributed by atoms with Crippen molar-refractivity contribution in [1.82, 2.24) is 10.2 Å². The fourth-order valence-corrected chi connectivity index (χ4v) is 2.89. The lowest BCUT2D eigenvalue weighted by Gasteiger charge is -2.39. The SMILES string of the molecule is CCCC(C)CN1C(=O)C(C)NC(=O)C1C1CC1. The molecule has 0 bridgehead atoms. The number of amides is 2. The largest absolute Gasteiger partial charge is 0.343 e. The predicted octanol–water partition coefficient (Wildman–Crippen LogP) is 1.55. The molecule has 1 N–H and O–H groups in total. The van der Waals surface area contributed by atoms with Gasteiger partial charge in [0.05, 0.1) is 0 Å². The maximum Gasteiger partial charge on any atom is 0.245 e. The van der Waals surface area contributed by atoms with Crippen LogP contribution in [0.2, 0.25) is 0 Å². The van der Waals surface area contributed by atoms with Crippen LogP contribution in [0.25, 0.3) is 0 Å². The van der Waals surface area contributed by atoms with Crippen LogP contribution in [0.4, 0.5) is 0 Å². The van der Waals surface area contributed by atoms with E-state index in [4.69, 9.17) is 0 Å². The lowest BCUT2D eigenvalue weighted by atomic mass is 9.99.